The Labute approximate surface area is 142 Å². The van der Waals surface area contributed by atoms with E-state index in [1.54, 1.807) is 24.3 Å². The number of halogens is 2. The van der Waals surface area contributed by atoms with E-state index in [2.05, 4.69) is 10.1 Å². The van der Waals surface area contributed by atoms with Gasteiger partial charge in [-0.05, 0) is 31.2 Å². The fourth-order valence-electron chi connectivity index (χ4n) is 2.07. The number of rotatable bonds is 5. The van der Waals surface area contributed by atoms with Crippen molar-refractivity contribution in [3.05, 3.63) is 64.8 Å². The third-order valence-corrected chi connectivity index (χ3v) is 3.47. The number of carbonyl (C=O) groups excluding carboxylic acids is 1. The number of nitrogens with zero attached hydrogens (tertiary/aromatic N) is 2. The van der Waals surface area contributed by atoms with E-state index >= 15 is 0 Å². The van der Waals surface area contributed by atoms with E-state index < -0.39 is 5.82 Å². The molecule has 0 N–H and O–H groups in total. The highest BCUT2D eigenvalue weighted by Gasteiger charge is 2.11. The third-order valence-electron chi connectivity index (χ3n) is 3.23. The molecule has 3 rings (SSSR count). The molecule has 122 valence electrons. The molecule has 0 radical (unpaired) electrons. The first kappa shape index (κ1) is 16.1. The second-order valence-electron chi connectivity index (χ2n) is 5.01. The van der Waals surface area contributed by atoms with Crippen molar-refractivity contribution < 1.29 is 18.4 Å². The van der Waals surface area contributed by atoms with Crippen LogP contribution in [-0.2, 0) is 6.61 Å². The number of carbonyl (C=O) groups is 1. The van der Waals surface area contributed by atoms with Crippen molar-refractivity contribution in [1.82, 2.24) is 10.1 Å². The molecule has 0 aliphatic carbocycles. The summed E-state index contributed by atoms with van der Waals surface area (Å²) < 4.78 is 24.2. The minimum absolute atomic E-state index is 0.0170. The van der Waals surface area contributed by atoms with E-state index in [4.69, 9.17) is 20.9 Å². The van der Waals surface area contributed by atoms with Gasteiger partial charge in [-0.25, -0.2) is 4.39 Å². The Morgan fingerprint density at radius 2 is 2.12 bits per heavy atom. The predicted octanol–water partition coefficient (Wildman–Crippen LogP) is 4.31. The lowest BCUT2D eigenvalue weighted by atomic mass is 10.1. The third kappa shape index (κ3) is 3.60. The van der Waals surface area contributed by atoms with Gasteiger partial charge in [0.25, 0.3) is 5.89 Å². The maximum Gasteiger partial charge on any atom is 0.264 e. The smallest absolute Gasteiger partial charge is 0.264 e. The van der Waals surface area contributed by atoms with Crippen LogP contribution in [0.15, 0.2) is 47.0 Å². The maximum absolute atomic E-state index is 13.7. The van der Waals surface area contributed by atoms with Gasteiger partial charge in [0.05, 0.1) is 5.56 Å². The molecule has 0 atom stereocenters. The van der Waals surface area contributed by atoms with Crippen LogP contribution in [0.4, 0.5) is 4.39 Å². The normalized spacial score (nSPS) is 10.6. The summed E-state index contributed by atoms with van der Waals surface area (Å²) >= 11 is 5.92. The van der Waals surface area contributed by atoms with Crippen LogP contribution in [0.3, 0.4) is 0 Å². The molecule has 0 spiro atoms. The zero-order valence-electron chi connectivity index (χ0n) is 12.6. The van der Waals surface area contributed by atoms with Gasteiger partial charge >= 0.3 is 0 Å². The van der Waals surface area contributed by atoms with Crippen LogP contribution < -0.4 is 4.74 Å². The number of Topliss-reactive ketones (excluding diaryl/α,β-unsaturated/α-hetero) is 1. The zero-order chi connectivity index (χ0) is 17.1. The van der Waals surface area contributed by atoms with Gasteiger partial charge in [0.15, 0.2) is 12.4 Å². The fourth-order valence-corrected chi connectivity index (χ4v) is 2.26. The Morgan fingerprint density at radius 1 is 1.29 bits per heavy atom. The van der Waals surface area contributed by atoms with Crippen LogP contribution in [0.25, 0.3) is 11.4 Å². The van der Waals surface area contributed by atoms with Gasteiger partial charge in [-0.1, -0.05) is 28.9 Å². The predicted molar refractivity (Wildman–Crippen MR) is 85.5 cm³/mol. The van der Waals surface area contributed by atoms with E-state index in [0.717, 1.165) is 6.07 Å². The number of hydrogen-bond acceptors (Lipinski definition) is 5. The Hall–Kier alpha value is -2.73. The van der Waals surface area contributed by atoms with Gasteiger partial charge in [-0.15, -0.1) is 0 Å². The van der Waals surface area contributed by atoms with Crippen LogP contribution in [-0.4, -0.2) is 15.9 Å². The molecule has 0 bridgehead atoms. The van der Waals surface area contributed by atoms with E-state index in [9.17, 15) is 9.18 Å². The highest BCUT2D eigenvalue weighted by molar-refractivity contribution is 6.30. The van der Waals surface area contributed by atoms with Gasteiger partial charge in [0.2, 0.25) is 5.82 Å². The van der Waals surface area contributed by atoms with E-state index in [1.165, 1.54) is 19.1 Å². The molecule has 0 saturated carbocycles. The molecule has 3 aromatic rings. The lowest BCUT2D eigenvalue weighted by Crippen LogP contribution is -2.00. The van der Waals surface area contributed by atoms with Crippen molar-refractivity contribution in [2.75, 3.05) is 0 Å². The topological polar surface area (TPSA) is 65.2 Å². The SMILES string of the molecule is CC(=O)c1ccc(OCc2nc(-c3cccc(Cl)c3)no2)cc1F. The molecule has 0 aliphatic rings. The highest BCUT2D eigenvalue weighted by atomic mass is 35.5. The lowest BCUT2D eigenvalue weighted by molar-refractivity contribution is 0.101. The van der Waals surface area contributed by atoms with Crippen LogP contribution in [0, 0.1) is 5.82 Å². The highest BCUT2D eigenvalue weighted by Crippen LogP contribution is 2.21. The molecule has 24 heavy (non-hydrogen) atoms. The summed E-state index contributed by atoms with van der Waals surface area (Å²) in [6, 6.07) is 11.1. The second kappa shape index (κ2) is 6.80. The van der Waals surface area contributed by atoms with Gasteiger partial charge < -0.3 is 9.26 Å². The number of aromatic nitrogens is 2. The Kier molecular flexibility index (Phi) is 4.57. The Bertz CT molecular complexity index is 895. The number of ether oxygens (including phenoxy) is 1. The summed E-state index contributed by atoms with van der Waals surface area (Å²) in [6.45, 7) is 1.28. The van der Waals surface area contributed by atoms with Crippen molar-refractivity contribution in [3.8, 4) is 17.1 Å². The van der Waals surface area contributed by atoms with Crippen molar-refractivity contribution in [2.45, 2.75) is 13.5 Å². The molecule has 0 unspecified atom stereocenters. The quantitative estimate of drug-likeness (QED) is 0.644. The van der Waals surface area contributed by atoms with Crippen LogP contribution in [0.1, 0.15) is 23.2 Å². The Morgan fingerprint density at radius 3 is 2.83 bits per heavy atom. The minimum Gasteiger partial charge on any atom is -0.484 e. The molecule has 1 heterocycles. The summed E-state index contributed by atoms with van der Waals surface area (Å²) in [5, 5.41) is 4.42. The lowest BCUT2D eigenvalue weighted by Gasteiger charge is -2.04. The summed E-state index contributed by atoms with van der Waals surface area (Å²) in [6.07, 6.45) is 0. The maximum atomic E-state index is 13.7. The largest absolute Gasteiger partial charge is 0.484 e. The number of ketones is 1. The molecule has 7 heteroatoms. The molecular weight excluding hydrogens is 335 g/mol. The monoisotopic (exact) mass is 346 g/mol. The van der Waals surface area contributed by atoms with E-state index in [-0.39, 0.29) is 29.6 Å². The first-order chi connectivity index (χ1) is 11.5. The molecule has 5 nitrogen and oxygen atoms in total. The second-order valence-corrected chi connectivity index (χ2v) is 5.45. The van der Waals surface area contributed by atoms with E-state index in [1.807, 2.05) is 0 Å². The van der Waals surface area contributed by atoms with Crippen molar-refractivity contribution in [3.63, 3.8) is 0 Å². The van der Waals surface area contributed by atoms with Gasteiger partial charge in [-0.3, -0.25) is 4.79 Å². The molecule has 1 aromatic heterocycles. The summed E-state index contributed by atoms with van der Waals surface area (Å²) in [5.41, 5.74) is 0.734. The van der Waals surface area contributed by atoms with Crippen LogP contribution >= 0.6 is 11.6 Å². The Balaban J connectivity index is 1.70. The molecule has 0 aliphatic heterocycles. The average molecular weight is 347 g/mol. The summed E-state index contributed by atoms with van der Waals surface area (Å²) in [4.78, 5) is 15.4. The molecule has 2 aromatic carbocycles. The minimum atomic E-state index is -0.634. The molecule has 0 saturated heterocycles. The first-order valence-corrected chi connectivity index (χ1v) is 7.42. The van der Waals surface area contributed by atoms with Crippen molar-refractivity contribution in [1.29, 1.82) is 0 Å². The molecular formula is C17H12ClFN2O3. The van der Waals surface area contributed by atoms with Crippen LogP contribution in [0.5, 0.6) is 5.75 Å². The summed E-state index contributed by atoms with van der Waals surface area (Å²) in [7, 11) is 0. The van der Waals surface area contributed by atoms with Gasteiger partial charge in [-0.2, -0.15) is 4.98 Å². The average Bonchev–Trinajstić information content (AvgIpc) is 3.01. The van der Waals surface area contributed by atoms with Gasteiger partial charge in [0, 0.05) is 16.7 Å². The van der Waals surface area contributed by atoms with Crippen molar-refractivity contribution >= 4 is 17.4 Å². The standard InChI is InChI=1S/C17H12ClFN2O3/c1-10(22)14-6-5-13(8-15(14)19)23-9-16-20-17(21-24-16)11-3-2-4-12(18)7-11/h2-8H,9H2,1H3. The molecule has 0 amide bonds. The van der Waals surface area contributed by atoms with E-state index in [0.29, 0.717) is 16.4 Å². The van der Waals surface area contributed by atoms with Gasteiger partial charge in [0.1, 0.15) is 11.6 Å². The first-order valence-electron chi connectivity index (χ1n) is 7.05. The van der Waals surface area contributed by atoms with Crippen molar-refractivity contribution in [2.24, 2.45) is 0 Å². The number of hydrogen-bond donors (Lipinski definition) is 0. The number of benzene rings is 2. The fraction of sp³-hybridized carbons (Fsp3) is 0.118. The molecule has 0 fully saturated rings. The summed E-state index contributed by atoms with van der Waals surface area (Å²) in [5.74, 6) is -0.0949. The van der Waals surface area contributed by atoms with Crippen LogP contribution in [0.2, 0.25) is 5.02 Å². The zero-order valence-corrected chi connectivity index (χ0v) is 13.4.